The number of rotatable bonds is 4. The van der Waals surface area contributed by atoms with Crippen LogP contribution in [-0.2, 0) is 4.79 Å². The smallest absolute Gasteiger partial charge is 0.211 e. The van der Waals surface area contributed by atoms with Gasteiger partial charge < -0.3 is 0 Å². The number of carbonyl (C=O) groups excluding carboxylic acids is 1. The Labute approximate surface area is 72.5 Å². The summed E-state index contributed by atoms with van der Waals surface area (Å²) in [6, 6.07) is 0. The van der Waals surface area contributed by atoms with Gasteiger partial charge in [0.15, 0.2) is 0 Å². The van der Waals surface area contributed by atoms with Gasteiger partial charge in [0.2, 0.25) is 4.69 Å². The zero-order chi connectivity index (χ0) is 7.28. The molecule has 0 aromatic carbocycles. The molecule has 0 unspecified atom stereocenters. The molecule has 1 atom stereocenters. The lowest BCUT2D eigenvalue weighted by Gasteiger charge is -2.00. The van der Waals surface area contributed by atoms with Crippen molar-refractivity contribution in [3.8, 4) is 0 Å². The number of alkyl halides is 1. The van der Waals surface area contributed by atoms with Gasteiger partial charge in [0, 0.05) is 0 Å². The lowest BCUT2D eigenvalue weighted by atomic mass is 10.2. The highest BCUT2D eigenvalue weighted by Crippen LogP contribution is 2.13. The van der Waals surface area contributed by atoms with Gasteiger partial charge in [-0.15, -0.1) is 0 Å². The lowest BCUT2D eigenvalue weighted by Crippen LogP contribution is -2.05. The van der Waals surface area contributed by atoms with Gasteiger partial charge in [0.1, 0.15) is 0 Å². The molecule has 3 heteroatoms. The lowest BCUT2D eigenvalue weighted by molar-refractivity contribution is -0.109. The molecule has 9 heavy (non-hydrogen) atoms. The number of carbonyl (C=O) groups is 1. The van der Waals surface area contributed by atoms with Crippen LogP contribution >= 0.6 is 31.9 Å². The topological polar surface area (TPSA) is 17.1 Å². The fraction of sp³-hybridized carbons (Fsp3) is 0.833. The molecule has 0 aliphatic carbocycles. The van der Waals surface area contributed by atoms with Gasteiger partial charge in [-0.25, -0.2) is 0 Å². The summed E-state index contributed by atoms with van der Waals surface area (Å²) in [6.07, 6.45) is 3.18. The summed E-state index contributed by atoms with van der Waals surface area (Å²) < 4.78 is 0.0518. The SMILES string of the molecule is CCCC[C@@H](Br)C(=O)Br. The van der Waals surface area contributed by atoms with Crippen LogP contribution in [0.2, 0.25) is 0 Å². The van der Waals surface area contributed by atoms with Gasteiger partial charge >= 0.3 is 0 Å². The van der Waals surface area contributed by atoms with Gasteiger partial charge in [-0.1, -0.05) is 35.7 Å². The second kappa shape index (κ2) is 5.42. The van der Waals surface area contributed by atoms with Crippen molar-refractivity contribution in [1.29, 1.82) is 0 Å². The molecule has 0 aliphatic heterocycles. The molecular formula is C6H10Br2O. The minimum atomic E-state index is 0.0115. The van der Waals surface area contributed by atoms with Crippen molar-refractivity contribution in [2.24, 2.45) is 0 Å². The van der Waals surface area contributed by atoms with E-state index in [1.807, 2.05) is 0 Å². The summed E-state index contributed by atoms with van der Waals surface area (Å²) in [5.74, 6) is 0. The number of unbranched alkanes of at least 4 members (excludes halogenated alkanes) is 1. The van der Waals surface area contributed by atoms with Crippen LogP contribution in [0.15, 0.2) is 0 Å². The van der Waals surface area contributed by atoms with E-state index in [1.165, 1.54) is 0 Å². The molecule has 0 bridgehead atoms. The van der Waals surface area contributed by atoms with Crippen molar-refractivity contribution < 1.29 is 4.79 Å². The number of hydrogen-bond acceptors (Lipinski definition) is 1. The first-order chi connectivity index (χ1) is 4.18. The first kappa shape index (κ1) is 9.63. The summed E-state index contributed by atoms with van der Waals surface area (Å²) in [5, 5.41) is 0. The summed E-state index contributed by atoms with van der Waals surface area (Å²) in [7, 11) is 0. The van der Waals surface area contributed by atoms with Crippen LogP contribution in [0.25, 0.3) is 0 Å². The molecule has 0 rings (SSSR count). The van der Waals surface area contributed by atoms with Crippen LogP contribution in [0.5, 0.6) is 0 Å². The highest BCUT2D eigenvalue weighted by molar-refractivity contribution is 9.20. The summed E-state index contributed by atoms with van der Waals surface area (Å²) in [6.45, 7) is 2.11. The third-order valence-corrected chi connectivity index (χ3v) is 3.10. The average molecular weight is 258 g/mol. The van der Waals surface area contributed by atoms with E-state index < -0.39 is 0 Å². The van der Waals surface area contributed by atoms with Gasteiger partial charge in [-0.2, -0.15) is 0 Å². The van der Waals surface area contributed by atoms with Crippen LogP contribution in [0, 0.1) is 0 Å². The van der Waals surface area contributed by atoms with Crippen LogP contribution in [0.3, 0.4) is 0 Å². The molecular weight excluding hydrogens is 248 g/mol. The summed E-state index contributed by atoms with van der Waals surface area (Å²) >= 11 is 6.13. The third kappa shape index (κ3) is 5.09. The molecule has 0 amide bonds. The van der Waals surface area contributed by atoms with E-state index >= 15 is 0 Å². The maximum absolute atomic E-state index is 10.5. The molecule has 0 aliphatic rings. The molecule has 0 fully saturated rings. The predicted octanol–water partition coefficient (Wildman–Crippen LogP) is 2.86. The minimum absolute atomic E-state index is 0.0115. The molecule has 0 radical (unpaired) electrons. The van der Waals surface area contributed by atoms with Crippen LogP contribution in [0.4, 0.5) is 0 Å². The van der Waals surface area contributed by atoms with Crippen molar-refractivity contribution in [2.45, 2.75) is 31.0 Å². The van der Waals surface area contributed by atoms with E-state index in [9.17, 15) is 4.79 Å². The Kier molecular flexibility index (Phi) is 5.80. The van der Waals surface area contributed by atoms with Crippen LogP contribution < -0.4 is 0 Å². The van der Waals surface area contributed by atoms with Gasteiger partial charge in [0.25, 0.3) is 0 Å². The number of hydrogen-bond donors (Lipinski definition) is 0. The zero-order valence-electron chi connectivity index (χ0n) is 5.36. The predicted molar refractivity (Wildman–Crippen MR) is 46.2 cm³/mol. The Morgan fingerprint density at radius 1 is 1.67 bits per heavy atom. The van der Waals surface area contributed by atoms with Crippen LogP contribution in [0.1, 0.15) is 26.2 Å². The zero-order valence-corrected chi connectivity index (χ0v) is 8.53. The second-order valence-corrected chi connectivity index (χ2v) is 3.80. The Balaban J connectivity index is 3.27. The highest BCUT2D eigenvalue weighted by Gasteiger charge is 2.08. The monoisotopic (exact) mass is 256 g/mol. The van der Waals surface area contributed by atoms with Gasteiger partial charge in [0.05, 0.1) is 4.83 Å². The molecule has 0 saturated carbocycles. The van der Waals surface area contributed by atoms with Gasteiger partial charge in [-0.3, -0.25) is 4.79 Å². The molecule has 0 aromatic rings. The largest absolute Gasteiger partial charge is 0.285 e. The first-order valence-corrected chi connectivity index (χ1v) is 4.72. The summed E-state index contributed by atoms with van der Waals surface area (Å²) in [4.78, 5) is 10.5. The Hall–Kier alpha value is 0.630. The standard InChI is InChI=1S/C6H10Br2O/c1-2-3-4-5(7)6(8)9/h5H,2-4H2,1H3/t5-/m1/s1. The van der Waals surface area contributed by atoms with E-state index in [2.05, 4.69) is 38.8 Å². The maximum atomic E-state index is 10.5. The maximum Gasteiger partial charge on any atom is 0.211 e. The Morgan fingerprint density at radius 3 is 2.56 bits per heavy atom. The minimum Gasteiger partial charge on any atom is -0.285 e. The van der Waals surface area contributed by atoms with Crippen molar-refractivity contribution in [3.63, 3.8) is 0 Å². The van der Waals surface area contributed by atoms with E-state index in [0.29, 0.717) is 0 Å². The van der Waals surface area contributed by atoms with Crippen LogP contribution in [-0.4, -0.2) is 9.52 Å². The third-order valence-electron chi connectivity index (χ3n) is 1.06. The molecule has 0 aromatic heterocycles. The van der Waals surface area contributed by atoms with E-state index in [4.69, 9.17) is 0 Å². The van der Waals surface area contributed by atoms with Crippen molar-refractivity contribution in [1.82, 2.24) is 0 Å². The average Bonchev–Trinajstić information content (AvgIpc) is 1.82. The van der Waals surface area contributed by atoms with E-state index in [-0.39, 0.29) is 9.52 Å². The molecule has 0 saturated heterocycles. The highest BCUT2D eigenvalue weighted by atomic mass is 79.9. The fourth-order valence-corrected chi connectivity index (χ4v) is 1.05. The molecule has 0 spiro atoms. The molecule has 0 N–H and O–H groups in total. The van der Waals surface area contributed by atoms with Crippen molar-refractivity contribution in [2.75, 3.05) is 0 Å². The number of halogens is 2. The quantitative estimate of drug-likeness (QED) is 0.559. The van der Waals surface area contributed by atoms with E-state index in [0.717, 1.165) is 19.3 Å². The fourth-order valence-electron chi connectivity index (χ4n) is 0.497. The molecule has 0 heterocycles. The van der Waals surface area contributed by atoms with Crippen molar-refractivity contribution in [3.05, 3.63) is 0 Å². The van der Waals surface area contributed by atoms with E-state index in [1.54, 1.807) is 0 Å². The molecule has 54 valence electrons. The summed E-state index contributed by atoms with van der Waals surface area (Å²) in [5.41, 5.74) is 0. The van der Waals surface area contributed by atoms with Gasteiger partial charge in [-0.05, 0) is 22.4 Å². The normalized spacial score (nSPS) is 13.2. The molecule has 1 nitrogen and oxygen atoms in total. The van der Waals surface area contributed by atoms with Crippen molar-refractivity contribution >= 4 is 36.6 Å². The first-order valence-electron chi connectivity index (χ1n) is 3.02. The Morgan fingerprint density at radius 2 is 2.22 bits per heavy atom. The Bertz CT molecular complexity index is 93.1. The second-order valence-electron chi connectivity index (χ2n) is 1.91.